The number of sulfonamides is 1. The second-order valence-corrected chi connectivity index (χ2v) is 8.29. The number of aryl methyl sites for hydroxylation is 1. The zero-order valence-electron chi connectivity index (χ0n) is 14.6. The van der Waals surface area contributed by atoms with Gasteiger partial charge in [-0.3, -0.25) is 0 Å². The van der Waals surface area contributed by atoms with Crippen molar-refractivity contribution in [3.8, 4) is 0 Å². The third-order valence-electron chi connectivity index (χ3n) is 4.01. The van der Waals surface area contributed by atoms with Crippen LogP contribution in [-0.4, -0.2) is 39.0 Å². The minimum absolute atomic E-state index is 0.249. The van der Waals surface area contributed by atoms with Gasteiger partial charge in [0.15, 0.2) is 0 Å². The maximum atomic E-state index is 13.0. The molecule has 1 unspecified atom stereocenters. The summed E-state index contributed by atoms with van der Waals surface area (Å²) in [7, 11) is -2.02. The molecular weight excluding hydrogens is 358 g/mol. The molecule has 0 fully saturated rings. The van der Waals surface area contributed by atoms with Crippen molar-refractivity contribution < 1.29 is 13.2 Å². The van der Waals surface area contributed by atoms with Crippen molar-refractivity contribution in [3.63, 3.8) is 0 Å². The molecule has 136 valence electrons. The molecule has 0 heterocycles. The van der Waals surface area contributed by atoms with E-state index in [0.29, 0.717) is 18.2 Å². The Morgan fingerprint density at radius 3 is 2.32 bits per heavy atom. The fourth-order valence-electron chi connectivity index (χ4n) is 2.73. The maximum absolute atomic E-state index is 13.0. The van der Waals surface area contributed by atoms with Gasteiger partial charge in [-0.1, -0.05) is 41.9 Å². The molecule has 0 N–H and O–H groups in total. The SMILES string of the molecule is COCC(C)N(CCCc1ccccc1)S(=O)(=O)c1ccc(Cl)cc1. The number of rotatable bonds is 9. The highest BCUT2D eigenvalue weighted by Gasteiger charge is 2.28. The zero-order valence-corrected chi connectivity index (χ0v) is 16.1. The molecule has 0 aliphatic carbocycles. The predicted octanol–water partition coefficient (Wildman–Crippen LogP) is 4.00. The second-order valence-electron chi connectivity index (χ2n) is 5.96. The van der Waals surface area contributed by atoms with Crippen molar-refractivity contribution in [2.75, 3.05) is 20.3 Å². The molecule has 0 saturated heterocycles. The van der Waals surface area contributed by atoms with Crippen molar-refractivity contribution >= 4 is 21.6 Å². The Morgan fingerprint density at radius 1 is 1.08 bits per heavy atom. The maximum Gasteiger partial charge on any atom is 0.243 e. The molecule has 2 rings (SSSR count). The highest BCUT2D eigenvalue weighted by Crippen LogP contribution is 2.21. The van der Waals surface area contributed by atoms with Crippen molar-refractivity contribution in [3.05, 3.63) is 65.2 Å². The Labute approximate surface area is 155 Å². The van der Waals surface area contributed by atoms with Gasteiger partial charge in [0.1, 0.15) is 0 Å². The molecule has 0 spiro atoms. The number of benzene rings is 2. The number of nitrogens with zero attached hydrogens (tertiary/aromatic N) is 1. The standard InChI is InChI=1S/C19H24ClNO3S/c1-16(15-24-2)21(14-6-9-17-7-4-3-5-8-17)25(22,23)19-12-10-18(20)11-13-19/h3-5,7-8,10-13,16H,6,9,14-15H2,1-2H3. The molecule has 0 bridgehead atoms. The lowest BCUT2D eigenvalue weighted by atomic mass is 10.1. The molecule has 0 saturated carbocycles. The average molecular weight is 382 g/mol. The van der Waals surface area contributed by atoms with Crippen molar-refractivity contribution in [1.82, 2.24) is 4.31 Å². The van der Waals surface area contributed by atoms with Gasteiger partial charge in [-0.15, -0.1) is 0 Å². The lowest BCUT2D eigenvalue weighted by molar-refractivity contribution is 0.140. The highest BCUT2D eigenvalue weighted by molar-refractivity contribution is 7.89. The zero-order chi connectivity index (χ0) is 18.3. The lowest BCUT2D eigenvalue weighted by Gasteiger charge is -2.28. The minimum Gasteiger partial charge on any atom is -0.383 e. The van der Waals surface area contributed by atoms with E-state index in [-0.39, 0.29) is 10.9 Å². The first-order chi connectivity index (χ1) is 11.9. The van der Waals surface area contributed by atoms with E-state index in [1.807, 2.05) is 25.1 Å². The van der Waals surface area contributed by atoms with Gasteiger partial charge >= 0.3 is 0 Å². The Kier molecular flexibility index (Phi) is 7.44. The summed E-state index contributed by atoms with van der Waals surface area (Å²) < 4.78 is 32.7. The summed E-state index contributed by atoms with van der Waals surface area (Å²) in [6.45, 7) is 2.64. The number of hydrogen-bond acceptors (Lipinski definition) is 3. The summed E-state index contributed by atoms with van der Waals surface area (Å²) in [5.74, 6) is 0. The van der Waals surface area contributed by atoms with E-state index >= 15 is 0 Å². The molecule has 0 aromatic heterocycles. The number of ether oxygens (including phenoxy) is 1. The lowest BCUT2D eigenvalue weighted by Crippen LogP contribution is -2.41. The van der Waals surface area contributed by atoms with E-state index in [9.17, 15) is 8.42 Å². The Morgan fingerprint density at radius 2 is 1.72 bits per heavy atom. The molecule has 0 aliphatic heterocycles. The van der Waals surface area contributed by atoms with E-state index in [2.05, 4.69) is 12.1 Å². The Bertz CT molecular complexity index is 748. The normalized spacial score (nSPS) is 13.1. The molecular formula is C19H24ClNO3S. The van der Waals surface area contributed by atoms with E-state index in [4.69, 9.17) is 16.3 Å². The highest BCUT2D eigenvalue weighted by atomic mass is 35.5. The topological polar surface area (TPSA) is 46.6 Å². The fourth-order valence-corrected chi connectivity index (χ4v) is 4.51. The largest absolute Gasteiger partial charge is 0.383 e. The van der Waals surface area contributed by atoms with Gasteiger partial charge < -0.3 is 4.74 Å². The van der Waals surface area contributed by atoms with Crippen LogP contribution in [0.4, 0.5) is 0 Å². The van der Waals surface area contributed by atoms with Crippen LogP contribution in [0.3, 0.4) is 0 Å². The second kappa shape index (κ2) is 9.34. The van der Waals surface area contributed by atoms with E-state index in [1.165, 1.54) is 9.87 Å². The van der Waals surface area contributed by atoms with Gasteiger partial charge in [0.2, 0.25) is 10.0 Å². The van der Waals surface area contributed by atoms with E-state index in [0.717, 1.165) is 12.8 Å². The van der Waals surface area contributed by atoms with Crippen LogP contribution in [0.2, 0.25) is 5.02 Å². The molecule has 1 atom stereocenters. The van der Waals surface area contributed by atoms with Crippen LogP contribution in [-0.2, 0) is 21.2 Å². The molecule has 0 radical (unpaired) electrons. The third-order valence-corrected chi connectivity index (χ3v) is 6.29. The van der Waals surface area contributed by atoms with E-state index in [1.54, 1.807) is 31.4 Å². The van der Waals surface area contributed by atoms with Crippen LogP contribution < -0.4 is 0 Å². The molecule has 25 heavy (non-hydrogen) atoms. The van der Waals surface area contributed by atoms with Crippen LogP contribution in [0.15, 0.2) is 59.5 Å². The summed E-state index contributed by atoms with van der Waals surface area (Å²) in [6.07, 6.45) is 1.57. The number of halogens is 1. The summed E-state index contributed by atoms with van der Waals surface area (Å²) in [5.41, 5.74) is 1.20. The van der Waals surface area contributed by atoms with Crippen molar-refractivity contribution in [2.24, 2.45) is 0 Å². The van der Waals surface area contributed by atoms with Crippen molar-refractivity contribution in [1.29, 1.82) is 0 Å². The molecule has 0 amide bonds. The fraction of sp³-hybridized carbons (Fsp3) is 0.368. The van der Waals surface area contributed by atoms with E-state index < -0.39 is 10.0 Å². The van der Waals surface area contributed by atoms with Crippen LogP contribution in [0, 0.1) is 0 Å². The van der Waals surface area contributed by atoms with Crippen LogP contribution in [0.1, 0.15) is 18.9 Å². The van der Waals surface area contributed by atoms with Crippen molar-refractivity contribution in [2.45, 2.75) is 30.7 Å². The number of hydrogen-bond donors (Lipinski definition) is 0. The summed E-state index contributed by atoms with van der Waals surface area (Å²) in [6, 6.07) is 16.1. The van der Waals surface area contributed by atoms with Crippen LogP contribution >= 0.6 is 11.6 Å². The number of methoxy groups -OCH3 is 1. The summed E-state index contributed by atoms with van der Waals surface area (Å²) in [4.78, 5) is 0.250. The monoisotopic (exact) mass is 381 g/mol. The summed E-state index contributed by atoms with van der Waals surface area (Å²) in [5, 5.41) is 0.513. The van der Waals surface area contributed by atoms with Crippen LogP contribution in [0.5, 0.6) is 0 Å². The molecule has 6 heteroatoms. The first-order valence-corrected chi connectivity index (χ1v) is 10.1. The average Bonchev–Trinajstić information content (AvgIpc) is 2.60. The predicted molar refractivity (Wildman–Crippen MR) is 101 cm³/mol. The molecule has 2 aromatic carbocycles. The smallest absolute Gasteiger partial charge is 0.243 e. The molecule has 4 nitrogen and oxygen atoms in total. The Balaban J connectivity index is 2.15. The van der Waals surface area contributed by atoms with Gasteiger partial charge in [-0.2, -0.15) is 4.31 Å². The summed E-state index contributed by atoms with van der Waals surface area (Å²) >= 11 is 5.88. The van der Waals surface area contributed by atoms with Crippen LogP contribution in [0.25, 0.3) is 0 Å². The first-order valence-electron chi connectivity index (χ1n) is 8.25. The van der Waals surface area contributed by atoms with Gasteiger partial charge in [0.25, 0.3) is 0 Å². The minimum atomic E-state index is -3.60. The van der Waals surface area contributed by atoms with Gasteiger partial charge in [-0.05, 0) is 49.6 Å². The molecule has 2 aromatic rings. The quantitative estimate of drug-likeness (QED) is 0.659. The Hall–Kier alpha value is -1.40. The van der Waals surface area contributed by atoms with Gasteiger partial charge in [0.05, 0.1) is 11.5 Å². The van der Waals surface area contributed by atoms with Gasteiger partial charge in [-0.25, -0.2) is 8.42 Å². The van der Waals surface area contributed by atoms with Gasteiger partial charge in [0, 0.05) is 24.7 Å². The first kappa shape index (κ1) is 19.9. The molecule has 0 aliphatic rings. The third kappa shape index (κ3) is 5.54.